The molecule has 112 valence electrons. The summed E-state index contributed by atoms with van der Waals surface area (Å²) in [6, 6.07) is 4.19. The molecule has 7 heteroatoms. The fourth-order valence-electron chi connectivity index (χ4n) is 2.22. The second kappa shape index (κ2) is 6.26. The number of piperazine rings is 1. The Hall–Kier alpha value is -1.89. The highest BCUT2D eigenvalue weighted by atomic mass is 79.9. The van der Waals surface area contributed by atoms with Crippen LogP contribution >= 0.6 is 15.9 Å². The van der Waals surface area contributed by atoms with Crippen molar-refractivity contribution >= 4 is 33.7 Å². The van der Waals surface area contributed by atoms with E-state index in [4.69, 9.17) is 5.11 Å². The minimum absolute atomic E-state index is 0.300. The molecule has 2 amide bonds. The molecule has 0 saturated carbocycles. The van der Waals surface area contributed by atoms with Crippen molar-refractivity contribution in [3.63, 3.8) is 0 Å². The van der Waals surface area contributed by atoms with Gasteiger partial charge in [0, 0.05) is 23.1 Å². The van der Waals surface area contributed by atoms with Crippen molar-refractivity contribution in [1.82, 2.24) is 10.2 Å². The highest BCUT2D eigenvalue weighted by molar-refractivity contribution is 9.10. The molecule has 1 aliphatic rings. The molecule has 1 aromatic rings. The Labute approximate surface area is 130 Å². The van der Waals surface area contributed by atoms with Gasteiger partial charge in [-0.3, -0.25) is 14.4 Å². The van der Waals surface area contributed by atoms with Gasteiger partial charge in [-0.1, -0.05) is 22.0 Å². The van der Waals surface area contributed by atoms with Crippen LogP contribution in [0.15, 0.2) is 22.7 Å². The van der Waals surface area contributed by atoms with Crippen LogP contribution in [0, 0.1) is 6.92 Å². The Balaban J connectivity index is 2.27. The van der Waals surface area contributed by atoms with Crippen molar-refractivity contribution in [2.75, 3.05) is 13.1 Å². The van der Waals surface area contributed by atoms with E-state index >= 15 is 0 Å². The van der Waals surface area contributed by atoms with E-state index in [1.54, 1.807) is 18.2 Å². The van der Waals surface area contributed by atoms with Gasteiger partial charge in [-0.15, -0.1) is 0 Å². The Kier molecular flexibility index (Phi) is 4.62. The third kappa shape index (κ3) is 3.41. The maximum atomic E-state index is 12.5. The number of benzene rings is 1. The zero-order valence-corrected chi connectivity index (χ0v) is 13.0. The molecule has 1 aromatic carbocycles. The summed E-state index contributed by atoms with van der Waals surface area (Å²) < 4.78 is 0.796. The van der Waals surface area contributed by atoms with Crippen molar-refractivity contribution in [2.45, 2.75) is 19.4 Å². The van der Waals surface area contributed by atoms with Crippen LogP contribution in [0.1, 0.15) is 22.3 Å². The lowest BCUT2D eigenvalue weighted by Gasteiger charge is -2.34. The predicted molar refractivity (Wildman–Crippen MR) is 79.0 cm³/mol. The van der Waals surface area contributed by atoms with Gasteiger partial charge in [0.1, 0.15) is 6.04 Å². The number of nitrogens with one attached hydrogen (secondary N) is 1. The van der Waals surface area contributed by atoms with Gasteiger partial charge in [-0.05, 0) is 24.6 Å². The molecule has 0 bridgehead atoms. The van der Waals surface area contributed by atoms with Crippen LogP contribution in [0.4, 0.5) is 0 Å². The first kappa shape index (κ1) is 15.5. The molecule has 1 heterocycles. The molecule has 1 aliphatic heterocycles. The molecule has 0 spiro atoms. The molecule has 21 heavy (non-hydrogen) atoms. The van der Waals surface area contributed by atoms with Crippen molar-refractivity contribution in [3.05, 3.63) is 33.8 Å². The molecule has 0 aromatic heterocycles. The van der Waals surface area contributed by atoms with Crippen molar-refractivity contribution in [3.8, 4) is 0 Å². The van der Waals surface area contributed by atoms with E-state index in [1.165, 1.54) is 4.90 Å². The summed E-state index contributed by atoms with van der Waals surface area (Å²) in [5, 5.41) is 11.5. The minimum atomic E-state index is -1.11. The molecule has 6 nitrogen and oxygen atoms in total. The number of carboxylic acid groups (broad SMARTS) is 1. The van der Waals surface area contributed by atoms with Gasteiger partial charge < -0.3 is 15.3 Å². The molecular formula is C14H15BrN2O4. The van der Waals surface area contributed by atoms with Gasteiger partial charge in [0.05, 0.1) is 6.42 Å². The number of nitrogens with zero attached hydrogens (tertiary/aromatic N) is 1. The molecule has 0 radical (unpaired) electrons. The number of aliphatic carboxylic acids is 1. The summed E-state index contributed by atoms with van der Waals surface area (Å²) in [5.74, 6) is -1.88. The number of carbonyl (C=O) groups excluding carboxylic acids is 2. The zero-order valence-electron chi connectivity index (χ0n) is 11.4. The van der Waals surface area contributed by atoms with Crippen molar-refractivity contribution in [1.29, 1.82) is 0 Å². The molecule has 1 fully saturated rings. The van der Waals surface area contributed by atoms with Crippen molar-refractivity contribution < 1.29 is 19.5 Å². The summed E-state index contributed by atoms with van der Waals surface area (Å²) in [6.07, 6.45) is -0.398. The normalized spacial score (nSPS) is 18.3. The largest absolute Gasteiger partial charge is 0.481 e. The number of carboxylic acids is 1. The zero-order chi connectivity index (χ0) is 15.6. The van der Waals surface area contributed by atoms with E-state index in [2.05, 4.69) is 21.2 Å². The lowest BCUT2D eigenvalue weighted by atomic mass is 10.1. The van der Waals surface area contributed by atoms with Gasteiger partial charge in [-0.2, -0.15) is 0 Å². The lowest BCUT2D eigenvalue weighted by Crippen LogP contribution is -2.57. The molecular weight excluding hydrogens is 340 g/mol. The highest BCUT2D eigenvalue weighted by Gasteiger charge is 2.35. The maximum absolute atomic E-state index is 12.5. The first-order valence-corrected chi connectivity index (χ1v) is 7.26. The maximum Gasteiger partial charge on any atom is 0.305 e. The third-order valence-corrected chi connectivity index (χ3v) is 4.23. The second-order valence-electron chi connectivity index (χ2n) is 4.87. The summed E-state index contributed by atoms with van der Waals surface area (Å²) in [6.45, 7) is 2.53. The SMILES string of the molecule is Cc1ccc(C(=O)N2CCNC(=O)C2CC(=O)O)cc1Br. The van der Waals surface area contributed by atoms with E-state index in [-0.39, 0.29) is 5.91 Å². The Morgan fingerprint density at radius 1 is 1.48 bits per heavy atom. The Morgan fingerprint density at radius 3 is 2.81 bits per heavy atom. The Morgan fingerprint density at radius 2 is 2.19 bits per heavy atom. The number of rotatable bonds is 3. The fraction of sp³-hybridized carbons (Fsp3) is 0.357. The summed E-state index contributed by atoms with van der Waals surface area (Å²) in [4.78, 5) is 36.6. The number of amides is 2. The standard InChI is InChI=1S/C14H15BrN2O4/c1-8-2-3-9(6-10(8)15)14(21)17-5-4-16-13(20)11(17)7-12(18)19/h2-3,6,11H,4-5,7H2,1H3,(H,16,20)(H,18,19). The van der Waals surface area contributed by atoms with Gasteiger partial charge in [-0.25, -0.2) is 0 Å². The van der Waals surface area contributed by atoms with Crippen LogP contribution in [-0.2, 0) is 9.59 Å². The minimum Gasteiger partial charge on any atom is -0.481 e. The third-order valence-electron chi connectivity index (χ3n) is 3.38. The van der Waals surface area contributed by atoms with Crippen LogP contribution in [0.5, 0.6) is 0 Å². The smallest absolute Gasteiger partial charge is 0.305 e. The second-order valence-corrected chi connectivity index (χ2v) is 5.72. The summed E-state index contributed by atoms with van der Waals surface area (Å²) in [5.41, 5.74) is 1.42. The molecule has 0 aliphatic carbocycles. The molecule has 2 rings (SSSR count). The summed E-state index contributed by atoms with van der Waals surface area (Å²) in [7, 11) is 0. The summed E-state index contributed by atoms with van der Waals surface area (Å²) >= 11 is 3.36. The average molecular weight is 355 g/mol. The van der Waals surface area contributed by atoms with Gasteiger partial charge >= 0.3 is 5.97 Å². The van der Waals surface area contributed by atoms with Crippen LogP contribution in [-0.4, -0.2) is 46.9 Å². The predicted octanol–water partition coefficient (Wildman–Crippen LogP) is 1.17. The lowest BCUT2D eigenvalue weighted by molar-refractivity contribution is -0.142. The molecule has 1 unspecified atom stereocenters. The van der Waals surface area contributed by atoms with Gasteiger partial charge in [0.2, 0.25) is 5.91 Å². The number of hydrogen-bond donors (Lipinski definition) is 2. The monoisotopic (exact) mass is 354 g/mol. The number of halogens is 1. The van der Waals surface area contributed by atoms with E-state index < -0.39 is 24.3 Å². The van der Waals surface area contributed by atoms with E-state index in [0.717, 1.165) is 10.0 Å². The molecule has 2 N–H and O–H groups in total. The molecule has 1 saturated heterocycles. The van der Waals surface area contributed by atoms with Crippen LogP contribution in [0.3, 0.4) is 0 Å². The van der Waals surface area contributed by atoms with E-state index in [9.17, 15) is 14.4 Å². The van der Waals surface area contributed by atoms with Crippen LogP contribution < -0.4 is 5.32 Å². The van der Waals surface area contributed by atoms with E-state index in [0.29, 0.717) is 18.7 Å². The highest BCUT2D eigenvalue weighted by Crippen LogP contribution is 2.20. The van der Waals surface area contributed by atoms with Gasteiger partial charge in [0.25, 0.3) is 5.91 Å². The number of aryl methyl sites for hydroxylation is 1. The quantitative estimate of drug-likeness (QED) is 0.852. The molecule has 1 atom stereocenters. The Bertz CT molecular complexity index is 603. The fourth-order valence-corrected chi connectivity index (χ4v) is 2.60. The van der Waals surface area contributed by atoms with Gasteiger partial charge in [0.15, 0.2) is 0 Å². The van der Waals surface area contributed by atoms with E-state index in [1.807, 2.05) is 6.92 Å². The first-order chi connectivity index (χ1) is 9.90. The first-order valence-electron chi connectivity index (χ1n) is 6.47. The number of hydrogen-bond acceptors (Lipinski definition) is 3. The van der Waals surface area contributed by atoms with Crippen molar-refractivity contribution in [2.24, 2.45) is 0 Å². The topological polar surface area (TPSA) is 86.7 Å². The van der Waals surface area contributed by atoms with Crippen LogP contribution in [0.2, 0.25) is 0 Å². The average Bonchev–Trinajstić information content (AvgIpc) is 2.43. The number of carbonyl (C=O) groups is 3. The van der Waals surface area contributed by atoms with Crippen LogP contribution in [0.25, 0.3) is 0 Å².